The topological polar surface area (TPSA) is 58.1 Å². The Morgan fingerprint density at radius 1 is 1.08 bits per heavy atom. The molecule has 4 rings (SSSR count). The Bertz CT molecular complexity index is 755. The highest BCUT2D eigenvalue weighted by Gasteiger charge is 2.22. The van der Waals surface area contributed by atoms with Crippen molar-refractivity contribution in [1.29, 1.82) is 0 Å². The van der Waals surface area contributed by atoms with Crippen molar-refractivity contribution < 1.29 is 4.79 Å². The van der Waals surface area contributed by atoms with Gasteiger partial charge in [0.05, 0.1) is 0 Å². The van der Waals surface area contributed by atoms with Gasteiger partial charge in [0.15, 0.2) is 0 Å². The number of nitrogens with one attached hydrogen (secondary N) is 1. The quantitative estimate of drug-likeness (QED) is 0.930. The van der Waals surface area contributed by atoms with Gasteiger partial charge in [-0.25, -0.2) is 9.97 Å². The van der Waals surface area contributed by atoms with Gasteiger partial charge in [-0.2, -0.15) is 0 Å². The number of fused-ring (bicyclic) bond motifs is 1. The van der Waals surface area contributed by atoms with Crippen molar-refractivity contribution in [3.63, 3.8) is 0 Å². The summed E-state index contributed by atoms with van der Waals surface area (Å²) in [7, 11) is 0. The molecule has 0 atom stereocenters. The first-order valence-electron chi connectivity index (χ1n) is 9.30. The van der Waals surface area contributed by atoms with E-state index in [9.17, 15) is 4.79 Å². The first-order chi connectivity index (χ1) is 12.3. The zero-order chi connectivity index (χ0) is 17.1. The monoisotopic (exact) mass is 336 g/mol. The van der Waals surface area contributed by atoms with E-state index < -0.39 is 0 Å². The largest absolute Gasteiger partial charge is 0.348 e. The number of aryl methyl sites for hydroxylation is 1. The minimum atomic E-state index is -0.0826. The standard InChI is InChI=1S/C20H24N4O/c25-19(22-16-9-2-1-3-10-16)17-12-13-21-20(23-17)24-14-6-8-15-7-4-5-11-18(15)24/h4-5,7,11-13,16H,1-3,6,8-10,14H2,(H,22,25). The van der Waals surface area contributed by atoms with Gasteiger partial charge in [0, 0.05) is 24.5 Å². The Balaban J connectivity index is 1.55. The van der Waals surface area contributed by atoms with E-state index in [0.717, 1.165) is 37.9 Å². The third-order valence-corrected chi connectivity index (χ3v) is 5.17. The summed E-state index contributed by atoms with van der Waals surface area (Å²) in [5.41, 5.74) is 2.92. The molecule has 0 bridgehead atoms. The van der Waals surface area contributed by atoms with Crippen molar-refractivity contribution >= 4 is 17.5 Å². The second kappa shape index (κ2) is 7.21. The fourth-order valence-electron chi connectivity index (χ4n) is 3.85. The second-order valence-electron chi connectivity index (χ2n) is 6.93. The predicted molar refractivity (Wildman–Crippen MR) is 98.1 cm³/mol. The summed E-state index contributed by atoms with van der Waals surface area (Å²) in [5.74, 6) is 0.532. The lowest BCUT2D eigenvalue weighted by atomic mass is 9.95. The molecule has 1 N–H and O–H groups in total. The smallest absolute Gasteiger partial charge is 0.270 e. The Kier molecular flexibility index (Phi) is 4.63. The molecule has 2 heterocycles. The number of para-hydroxylation sites is 1. The van der Waals surface area contributed by atoms with E-state index in [1.807, 2.05) is 6.07 Å². The summed E-state index contributed by atoms with van der Waals surface area (Å²) in [6, 6.07) is 10.4. The van der Waals surface area contributed by atoms with Crippen molar-refractivity contribution in [1.82, 2.24) is 15.3 Å². The molecule has 1 fully saturated rings. The highest BCUT2D eigenvalue weighted by molar-refractivity contribution is 5.92. The van der Waals surface area contributed by atoms with Crippen LogP contribution >= 0.6 is 0 Å². The van der Waals surface area contributed by atoms with Crippen LogP contribution < -0.4 is 10.2 Å². The van der Waals surface area contributed by atoms with Crippen LogP contribution in [-0.4, -0.2) is 28.5 Å². The van der Waals surface area contributed by atoms with Crippen LogP contribution in [0.4, 0.5) is 11.6 Å². The van der Waals surface area contributed by atoms with Crippen molar-refractivity contribution in [2.45, 2.75) is 51.0 Å². The lowest BCUT2D eigenvalue weighted by Gasteiger charge is -2.29. The number of anilines is 2. The zero-order valence-corrected chi connectivity index (χ0v) is 14.4. The lowest BCUT2D eigenvalue weighted by molar-refractivity contribution is 0.0922. The van der Waals surface area contributed by atoms with Gasteiger partial charge in [-0.15, -0.1) is 0 Å². The summed E-state index contributed by atoms with van der Waals surface area (Å²) in [6.45, 7) is 0.880. The van der Waals surface area contributed by atoms with Crippen LogP contribution in [0.15, 0.2) is 36.5 Å². The molecule has 5 heteroatoms. The molecule has 1 aromatic heterocycles. The van der Waals surface area contributed by atoms with E-state index >= 15 is 0 Å². The van der Waals surface area contributed by atoms with Crippen LogP contribution in [0.3, 0.4) is 0 Å². The van der Waals surface area contributed by atoms with E-state index in [1.54, 1.807) is 12.3 Å². The van der Waals surface area contributed by atoms with E-state index in [-0.39, 0.29) is 11.9 Å². The maximum atomic E-state index is 12.6. The number of nitrogens with zero attached hydrogens (tertiary/aromatic N) is 3. The number of carbonyl (C=O) groups excluding carboxylic acids is 1. The minimum absolute atomic E-state index is 0.0826. The maximum Gasteiger partial charge on any atom is 0.270 e. The van der Waals surface area contributed by atoms with Crippen LogP contribution in [0.2, 0.25) is 0 Å². The molecule has 2 aromatic rings. The molecule has 25 heavy (non-hydrogen) atoms. The Morgan fingerprint density at radius 3 is 2.80 bits per heavy atom. The van der Waals surface area contributed by atoms with Crippen LogP contribution in [0.25, 0.3) is 0 Å². The number of hydrogen-bond acceptors (Lipinski definition) is 4. The Hall–Kier alpha value is -2.43. The summed E-state index contributed by atoms with van der Waals surface area (Å²) in [4.78, 5) is 23.7. The molecule has 1 aliphatic carbocycles. The van der Waals surface area contributed by atoms with E-state index in [0.29, 0.717) is 11.6 Å². The molecular formula is C20H24N4O. The third kappa shape index (κ3) is 3.50. The Labute approximate surface area is 148 Å². The van der Waals surface area contributed by atoms with E-state index in [2.05, 4.69) is 38.4 Å². The average molecular weight is 336 g/mol. The maximum absolute atomic E-state index is 12.6. The molecule has 130 valence electrons. The normalized spacial score (nSPS) is 17.8. The fraction of sp³-hybridized carbons (Fsp3) is 0.450. The zero-order valence-electron chi connectivity index (χ0n) is 14.4. The predicted octanol–water partition coefficient (Wildman–Crippen LogP) is 3.62. The molecule has 0 saturated heterocycles. The summed E-state index contributed by atoms with van der Waals surface area (Å²) in [6.07, 6.45) is 9.66. The summed E-state index contributed by atoms with van der Waals surface area (Å²) >= 11 is 0. The van der Waals surface area contributed by atoms with Crippen molar-refractivity contribution in [3.05, 3.63) is 47.8 Å². The van der Waals surface area contributed by atoms with Crippen LogP contribution in [0, 0.1) is 0 Å². The van der Waals surface area contributed by atoms with Gasteiger partial charge in [0.25, 0.3) is 5.91 Å². The van der Waals surface area contributed by atoms with Crippen LogP contribution in [-0.2, 0) is 6.42 Å². The van der Waals surface area contributed by atoms with E-state index in [4.69, 9.17) is 0 Å². The summed E-state index contributed by atoms with van der Waals surface area (Å²) < 4.78 is 0. The molecule has 1 aliphatic heterocycles. The highest BCUT2D eigenvalue weighted by Crippen LogP contribution is 2.31. The fourth-order valence-corrected chi connectivity index (χ4v) is 3.85. The minimum Gasteiger partial charge on any atom is -0.348 e. The van der Waals surface area contributed by atoms with E-state index in [1.165, 1.54) is 24.8 Å². The first-order valence-corrected chi connectivity index (χ1v) is 9.30. The third-order valence-electron chi connectivity index (χ3n) is 5.17. The van der Waals surface area contributed by atoms with Gasteiger partial charge in [-0.1, -0.05) is 37.5 Å². The van der Waals surface area contributed by atoms with Crippen LogP contribution in [0.5, 0.6) is 0 Å². The molecular weight excluding hydrogens is 312 g/mol. The number of amides is 1. The highest BCUT2D eigenvalue weighted by atomic mass is 16.1. The first kappa shape index (κ1) is 16.1. The van der Waals surface area contributed by atoms with Gasteiger partial charge in [-0.3, -0.25) is 4.79 Å². The van der Waals surface area contributed by atoms with Crippen molar-refractivity contribution in [2.24, 2.45) is 0 Å². The number of aromatic nitrogens is 2. The molecule has 1 amide bonds. The number of hydrogen-bond donors (Lipinski definition) is 1. The van der Waals surface area contributed by atoms with Crippen molar-refractivity contribution in [2.75, 3.05) is 11.4 Å². The molecule has 1 saturated carbocycles. The van der Waals surface area contributed by atoms with Gasteiger partial charge in [-0.05, 0) is 43.4 Å². The summed E-state index contributed by atoms with van der Waals surface area (Å²) in [5, 5.41) is 3.14. The van der Waals surface area contributed by atoms with Gasteiger partial charge < -0.3 is 10.2 Å². The molecule has 1 aromatic carbocycles. The SMILES string of the molecule is O=C(NC1CCCCC1)c1ccnc(N2CCCc3ccccc32)n1. The number of carbonyl (C=O) groups is 1. The number of benzene rings is 1. The van der Waals surface area contributed by atoms with Gasteiger partial charge >= 0.3 is 0 Å². The van der Waals surface area contributed by atoms with Gasteiger partial charge in [0.2, 0.25) is 5.95 Å². The van der Waals surface area contributed by atoms with Crippen LogP contribution in [0.1, 0.15) is 54.6 Å². The Morgan fingerprint density at radius 2 is 1.92 bits per heavy atom. The van der Waals surface area contributed by atoms with Gasteiger partial charge in [0.1, 0.15) is 5.69 Å². The molecule has 2 aliphatic rings. The molecule has 5 nitrogen and oxygen atoms in total. The molecule has 0 spiro atoms. The molecule has 0 radical (unpaired) electrons. The average Bonchev–Trinajstić information content (AvgIpc) is 2.68. The number of rotatable bonds is 3. The van der Waals surface area contributed by atoms with Crippen molar-refractivity contribution in [3.8, 4) is 0 Å². The molecule has 0 unspecified atom stereocenters. The lowest BCUT2D eigenvalue weighted by Crippen LogP contribution is -2.37. The second-order valence-corrected chi connectivity index (χ2v) is 6.93.